The van der Waals surface area contributed by atoms with Crippen molar-refractivity contribution in [2.75, 3.05) is 0 Å². The minimum absolute atomic E-state index is 0.0595. The summed E-state index contributed by atoms with van der Waals surface area (Å²) < 4.78 is 1.82. The number of benzene rings is 2. The topological polar surface area (TPSA) is 72.8 Å². The highest BCUT2D eigenvalue weighted by molar-refractivity contribution is 7.07. The molecule has 168 valence electrons. The van der Waals surface area contributed by atoms with E-state index in [0.717, 1.165) is 29.3 Å². The fraction of sp³-hybridized carbons (Fsp3) is 0.280. The number of nitro benzene ring substituents is 1. The Balaban J connectivity index is 1.57. The van der Waals surface area contributed by atoms with Crippen LogP contribution in [0.25, 0.3) is 11.3 Å². The smallest absolute Gasteiger partial charge is 0.258 e. The highest BCUT2D eigenvalue weighted by atomic mass is 35.5. The molecule has 0 aliphatic heterocycles. The minimum atomic E-state index is -0.395. The number of non-ortho nitro benzene ring substituents is 1. The third kappa shape index (κ3) is 4.07. The minimum Gasteiger partial charge on any atom is -0.258 e. The number of thiazole rings is 1. The number of nitro groups is 1. The Kier molecular flexibility index (Phi) is 5.54. The summed E-state index contributed by atoms with van der Waals surface area (Å²) in [4.78, 5) is 16.2. The molecule has 2 unspecified atom stereocenters. The van der Waals surface area contributed by atoms with Crippen molar-refractivity contribution in [2.24, 2.45) is 27.3 Å². The van der Waals surface area contributed by atoms with E-state index < -0.39 is 4.92 Å². The highest BCUT2D eigenvalue weighted by Crippen LogP contribution is 2.58. The molecule has 0 radical (unpaired) electrons. The number of rotatable bonds is 5. The first-order valence-corrected chi connectivity index (χ1v) is 12.1. The van der Waals surface area contributed by atoms with Gasteiger partial charge in [0.05, 0.1) is 22.5 Å². The van der Waals surface area contributed by atoms with Crippen molar-refractivity contribution in [2.45, 2.75) is 26.7 Å². The van der Waals surface area contributed by atoms with Gasteiger partial charge in [0, 0.05) is 28.1 Å². The molecular weight excluding hydrogens is 456 g/mol. The SMILES string of the molecule is CC1(C)C2CC=C(C=Nn3c(-c4ccc([N+](=O)[O-])cc4)csc3=Nc3ccc(Cl)cc3)C1C2. The lowest BCUT2D eigenvalue weighted by molar-refractivity contribution is -0.384. The quantitative estimate of drug-likeness (QED) is 0.229. The molecule has 3 aliphatic rings. The molecule has 6 nitrogen and oxygen atoms in total. The Morgan fingerprint density at radius 2 is 1.91 bits per heavy atom. The molecule has 0 N–H and O–H groups in total. The Bertz CT molecular complexity index is 1330. The fourth-order valence-corrected chi connectivity index (χ4v) is 5.72. The summed E-state index contributed by atoms with van der Waals surface area (Å²) >= 11 is 7.49. The molecule has 3 aromatic rings. The summed E-state index contributed by atoms with van der Waals surface area (Å²) in [5, 5.41) is 18.6. The fourth-order valence-electron chi connectivity index (χ4n) is 4.74. The predicted octanol–water partition coefficient (Wildman–Crippen LogP) is 6.84. The first-order chi connectivity index (χ1) is 15.8. The molecule has 0 amide bonds. The van der Waals surface area contributed by atoms with Gasteiger partial charge >= 0.3 is 0 Å². The lowest BCUT2D eigenvalue weighted by Crippen LogP contribution is -2.48. The van der Waals surface area contributed by atoms with Crippen molar-refractivity contribution < 1.29 is 4.92 Å². The summed E-state index contributed by atoms with van der Waals surface area (Å²) in [6.45, 7) is 4.68. The van der Waals surface area contributed by atoms with Crippen LogP contribution >= 0.6 is 22.9 Å². The van der Waals surface area contributed by atoms with E-state index in [1.807, 2.05) is 28.4 Å². The first-order valence-electron chi connectivity index (χ1n) is 10.8. The lowest BCUT2D eigenvalue weighted by Gasteiger charge is -2.55. The van der Waals surface area contributed by atoms with E-state index >= 15 is 0 Å². The zero-order chi connectivity index (χ0) is 23.2. The molecule has 8 heteroatoms. The van der Waals surface area contributed by atoms with Crippen molar-refractivity contribution in [3.05, 3.63) is 85.5 Å². The Morgan fingerprint density at radius 1 is 1.18 bits per heavy atom. The van der Waals surface area contributed by atoms with Crippen molar-refractivity contribution in [3.8, 4) is 11.3 Å². The van der Waals surface area contributed by atoms with Crippen LogP contribution < -0.4 is 4.80 Å². The molecule has 1 saturated carbocycles. The number of hydrogen-bond acceptors (Lipinski definition) is 5. The maximum absolute atomic E-state index is 11.1. The van der Waals surface area contributed by atoms with E-state index in [4.69, 9.17) is 21.7 Å². The molecule has 0 spiro atoms. The van der Waals surface area contributed by atoms with Gasteiger partial charge in [-0.1, -0.05) is 31.5 Å². The van der Waals surface area contributed by atoms with Crippen molar-refractivity contribution in [3.63, 3.8) is 0 Å². The van der Waals surface area contributed by atoms with Gasteiger partial charge in [-0.05, 0) is 72.1 Å². The molecule has 1 aromatic heterocycles. The van der Waals surface area contributed by atoms with Crippen LogP contribution in [0, 0.1) is 27.4 Å². The largest absolute Gasteiger partial charge is 0.269 e. The highest BCUT2D eigenvalue weighted by Gasteiger charge is 2.50. The summed E-state index contributed by atoms with van der Waals surface area (Å²) in [7, 11) is 0. The predicted molar refractivity (Wildman–Crippen MR) is 133 cm³/mol. The van der Waals surface area contributed by atoms with Gasteiger partial charge < -0.3 is 0 Å². The second-order valence-electron chi connectivity index (χ2n) is 9.10. The molecule has 1 fully saturated rings. The molecule has 1 heterocycles. The van der Waals surface area contributed by atoms with E-state index in [9.17, 15) is 10.1 Å². The average molecular weight is 479 g/mol. The maximum Gasteiger partial charge on any atom is 0.269 e. The van der Waals surface area contributed by atoms with Crippen LogP contribution in [0.5, 0.6) is 0 Å². The Morgan fingerprint density at radius 3 is 2.55 bits per heavy atom. The van der Waals surface area contributed by atoms with E-state index in [0.29, 0.717) is 21.2 Å². The number of aromatic nitrogens is 1. The number of allylic oxidation sites excluding steroid dienone is 2. The second kappa shape index (κ2) is 8.39. The number of hydrogen-bond donors (Lipinski definition) is 0. The summed E-state index contributed by atoms with van der Waals surface area (Å²) in [5.41, 5.74) is 4.10. The molecule has 6 rings (SSSR count). The van der Waals surface area contributed by atoms with Gasteiger partial charge in [-0.2, -0.15) is 5.10 Å². The molecular formula is C25H23ClN4O2S. The zero-order valence-electron chi connectivity index (χ0n) is 18.3. The van der Waals surface area contributed by atoms with Gasteiger partial charge in [0.2, 0.25) is 4.80 Å². The van der Waals surface area contributed by atoms with Gasteiger partial charge in [-0.15, -0.1) is 11.3 Å². The molecule has 3 aliphatic carbocycles. The summed E-state index contributed by atoms with van der Waals surface area (Å²) in [6.07, 6.45) is 6.58. The molecule has 2 aromatic carbocycles. The van der Waals surface area contributed by atoms with Crippen LogP contribution in [0.1, 0.15) is 26.7 Å². The van der Waals surface area contributed by atoms with Crippen LogP contribution in [0.15, 0.2) is 75.7 Å². The monoisotopic (exact) mass is 478 g/mol. The molecule has 33 heavy (non-hydrogen) atoms. The van der Waals surface area contributed by atoms with Crippen molar-refractivity contribution >= 4 is 40.5 Å². The van der Waals surface area contributed by atoms with Crippen LogP contribution in [0.3, 0.4) is 0 Å². The van der Waals surface area contributed by atoms with E-state index in [1.165, 1.54) is 35.5 Å². The third-order valence-corrected chi connectivity index (χ3v) is 8.01. The van der Waals surface area contributed by atoms with Crippen LogP contribution in [0.2, 0.25) is 5.02 Å². The third-order valence-electron chi connectivity index (χ3n) is 6.94. The van der Waals surface area contributed by atoms with Gasteiger partial charge in [0.1, 0.15) is 0 Å². The molecule has 2 atom stereocenters. The molecule has 2 bridgehead atoms. The molecule has 0 saturated heterocycles. The van der Waals surface area contributed by atoms with E-state index in [-0.39, 0.29) is 5.69 Å². The Hall–Kier alpha value is -3.03. The summed E-state index contributed by atoms with van der Waals surface area (Å²) in [6, 6.07) is 13.9. The van der Waals surface area contributed by atoms with Gasteiger partial charge in [-0.25, -0.2) is 9.67 Å². The van der Waals surface area contributed by atoms with E-state index in [1.54, 1.807) is 24.3 Å². The van der Waals surface area contributed by atoms with Crippen molar-refractivity contribution in [1.29, 1.82) is 0 Å². The average Bonchev–Trinajstić information content (AvgIpc) is 3.21. The second-order valence-corrected chi connectivity index (χ2v) is 10.4. The van der Waals surface area contributed by atoms with Gasteiger partial charge in [0.15, 0.2) is 0 Å². The number of halogens is 1. The Labute approximate surface area is 200 Å². The van der Waals surface area contributed by atoms with Crippen LogP contribution in [-0.2, 0) is 0 Å². The van der Waals surface area contributed by atoms with Gasteiger partial charge in [-0.3, -0.25) is 10.1 Å². The normalized spacial score (nSPS) is 21.7. The zero-order valence-corrected chi connectivity index (χ0v) is 19.9. The van der Waals surface area contributed by atoms with Crippen LogP contribution in [0.4, 0.5) is 11.4 Å². The standard InChI is InChI=1S/C25H23ClN4O2S/c1-25(2)18-6-3-17(22(25)13-18)14-27-29-23(16-4-11-21(12-5-16)30(31)32)15-33-24(29)28-20-9-7-19(26)8-10-20/h3-5,7-12,14-15,18,22H,6,13H2,1-2H3. The van der Waals surface area contributed by atoms with Crippen LogP contribution in [-0.4, -0.2) is 15.8 Å². The summed E-state index contributed by atoms with van der Waals surface area (Å²) in [5.74, 6) is 1.29. The van der Waals surface area contributed by atoms with E-state index in [2.05, 4.69) is 19.9 Å². The lowest BCUT2D eigenvalue weighted by atomic mass is 9.49. The van der Waals surface area contributed by atoms with Gasteiger partial charge in [0.25, 0.3) is 5.69 Å². The first kappa shape index (κ1) is 21.8. The van der Waals surface area contributed by atoms with Crippen molar-refractivity contribution in [1.82, 2.24) is 4.68 Å². The number of fused-ring (bicyclic) bond motifs is 1. The number of nitrogens with zero attached hydrogens (tertiary/aromatic N) is 4. The maximum atomic E-state index is 11.1.